The number of benzene rings is 1. The second-order valence-electron chi connectivity index (χ2n) is 3.67. The molecule has 0 unspecified atom stereocenters. The van der Waals surface area contributed by atoms with Gasteiger partial charge in [0.2, 0.25) is 0 Å². The monoisotopic (exact) mass is 293 g/mol. The van der Waals surface area contributed by atoms with Gasteiger partial charge in [0.1, 0.15) is 11.0 Å². The molecule has 0 aliphatic heterocycles. The predicted molar refractivity (Wildman–Crippen MR) is 59.6 cm³/mol. The van der Waals surface area contributed by atoms with Crippen molar-refractivity contribution in [3.05, 3.63) is 24.3 Å². The summed E-state index contributed by atoms with van der Waals surface area (Å²) in [6.07, 6.45) is -4.57. The van der Waals surface area contributed by atoms with Crippen LogP contribution in [0.1, 0.15) is 6.42 Å². The first kappa shape index (κ1) is 15.4. The Morgan fingerprint density at radius 3 is 2.21 bits per heavy atom. The van der Waals surface area contributed by atoms with Gasteiger partial charge in [-0.05, 0) is 24.3 Å². The molecule has 1 atom stereocenters. The summed E-state index contributed by atoms with van der Waals surface area (Å²) < 4.78 is 54.0. The van der Waals surface area contributed by atoms with Crippen molar-refractivity contribution in [3.8, 4) is 5.75 Å². The molecule has 0 spiro atoms. The summed E-state index contributed by atoms with van der Waals surface area (Å²) in [5.74, 6) is -1.49. The SMILES string of the molecule is COc1ccc(S(=O)(=O)[C@H](CC(=O)[O-])C(F)F)cc1. The number of carbonyl (C=O) groups is 1. The van der Waals surface area contributed by atoms with Crippen LogP contribution in [-0.2, 0) is 14.6 Å². The molecule has 0 fully saturated rings. The Morgan fingerprint density at radius 1 is 1.32 bits per heavy atom. The number of hydrogen-bond donors (Lipinski definition) is 0. The van der Waals surface area contributed by atoms with Gasteiger partial charge >= 0.3 is 0 Å². The van der Waals surface area contributed by atoms with Gasteiger partial charge in [0.25, 0.3) is 6.43 Å². The first-order valence-corrected chi connectivity index (χ1v) is 6.69. The average Bonchev–Trinajstić information content (AvgIpc) is 2.35. The number of methoxy groups -OCH3 is 1. The number of ether oxygens (including phenoxy) is 1. The van der Waals surface area contributed by atoms with E-state index < -0.39 is 33.9 Å². The standard InChI is InChI=1S/C11H12F2O5S/c1-18-7-2-4-8(5-3-7)19(16,17)9(11(12)13)6-10(14)15/h2-5,9,11H,6H2,1H3,(H,14,15)/p-1/t9-/m1/s1. The van der Waals surface area contributed by atoms with E-state index in [0.29, 0.717) is 5.75 Å². The largest absolute Gasteiger partial charge is 0.550 e. The molecule has 1 aromatic carbocycles. The fourth-order valence-electron chi connectivity index (χ4n) is 1.44. The molecule has 0 N–H and O–H groups in total. The van der Waals surface area contributed by atoms with Crippen molar-refractivity contribution in [1.82, 2.24) is 0 Å². The molecule has 0 aromatic heterocycles. The first-order chi connectivity index (χ1) is 8.78. The molecule has 0 aliphatic rings. The normalized spacial score (nSPS) is 13.3. The van der Waals surface area contributed by atoms with Crippen LogP contribution in [-0.4, -0.2) is 33.2 Å². The Hall–Kier alpha value is -1.70. The van der Waals surface area contributed by atoms with E-state index in [1.165, 1.54) is 19.2 Å². The van der Waals surface area contributed by atoms with Crippen molar-refractivity contribution in [2.75, 3.05) is 7.11 Å². The minimum absolute atomic E-state index is 0.354. The maximum Gasteiger partial charge on any atom is 0.255 e. The van der Waals surface area contributed by atoms with Gasteiger partial charge in [-0.15, -0.1) is 0 Å². The zero-order chi connectivity index (χ0) is 14.6. The quantitative estimate of drug-likeness (QED) is 0.750. The minimum Gasteiger partial charge on any atom is -0.550 e. The van der Waals surface area contributed by atoms with Crippen molar-refractivity contribution in [1.29, 1.82) is 0 Å². The van der Waals surface area contributed by atoms with Crippen LogP contribution in [0.5, 0.6) is 5.75 Å². The van der Waals surface area contributed by atoms with Crippen molar-refractivity contribution in [3.63, 3.8) is 0 Å². The number of carbonyl (C=O) groups excluding carboxylic acids is 1. The molecular formula is C11H11F2O5S-. The Morgan fingerprint density at radius 2 is 1.84 bits per heavy atom. The average molecular weight is 293 g/mol. The smallest absolute Gasteiger partial charge is 0.255 e. The summed E-state index contributed by atoms with van der Waals surface area (Å²) in [5.41, 5.74) is 0. The van der Waals surface area contributed by atoms with Crippen molar-refractivity contribution in [2.45, 2.75) is 23.0 Å². The molecule has 0 saturated carbocycles. The highest BCUT2D eigenvalue weighted by Gasteiger charge is 2.35. The predicted octanol–water partition coefficient (Wildman–Crippen LogP) is 0.243. The van der Waals surface area contributed by atoms with Crippen LogP contribution in [0, 0.1) is 0 Å². The van der Waals surface area contributed by atoms with Gasteiger partial charge in [-0.3, -0.25) is 0 Å². The second-order valence-corrected chi connectivity index (χ2v) is 5.84. The van der Waals surface area contributed by atoms with E-state index >= 15 is 0 Å². The summed E-state index contributed by atoms with van der Waals surface area (Å²) in [6, 6.07) is 4.74. The summed E-state index contributed by atoms with van der Waals surface area (Å²) in [5, 5.41) is 8.04. The number of alkyl halides is 2. The van der Waals surface area contributed by atoms with Crippen molar-refractivity contribution < 1.29 is 31.8 Å². The summed E-state index contributed by atoms with van der Waals surface area (Å²) in [7, 11) is -3.08. The number of aliphatic carboxylic acids is 1. The Bertz CT molecular complexity index is 539. The molecule has 8 heteroatoms. The van der Waals surface area contributed by atoms with Gasteiger partial charge in [-0.25, -0.2) is 17.2 Å². The highest BCUT2D eigenvalue weighted by atomic mass is 32.2. The van der Waals surface area contributed by atoms with Gasteiger partial charge < -0.3 is 14.6 Å². The van der Waals surface area contributed by atoms with Crippen LogP contribution in [0.25, 0.3) is 0 Å². The zero-order valence-corrected chi connectivity index (χ0v) is 10.7. The topological polar surface area (TPSA) is 83.5 Å². The third-order valence-electron chi connectivity index (χ3n) is 2.44. The number of halogens is 2. The maximum absolute atomic E-state index is 12.7. The Balaban J connectivity index is 3.14. The van der Waals surface area contributed by atoms with Gasteiger partial charge in [0.15, 0.2) is 9.84 Å². The summed E-state index contributed by atoms with van der Waals surface area (Å²) in [4.78, 5) is 9.97. The molecule has 0 aliphatic carbocycles. The fourth-order valence-corrected chi connectivity index (χ4v) is 2.93. The maximum atomic E-state index is 12.7. The fraction of sp³-hybridized carbons (Fsp3) is 0.364. The number of carboxylic acid groups (broad SMARTS) is 1. The number of hydrogen-bond acceptors (Lipinski definition) is 5. The highest BCUT2D eigenvalue weighted by Crippen LogP contribution is 2.25. The summed E-state index contributed by atoms with van der Waals surface area (Å²) in [6.45, 7) is 0. The lowest BCUT2D eigenvalue weighted by Crippen LogP contribution is -2.36. The molecule has 5 nitrogen and oxygen atoms in total. The lowest BCUT2D eigenvalue weighted by molar-refractivity contribution is -0.306. The van der Waals surface area contributed by atoms with Crippen LogP contribution < -0.4 is 9.84 Å². The van der Waals surface area contributed by atoms with Crippen LogP contribution in [0.3, 0.4) is 0 Å². The highest BCUT2D eigenvalue weighted by molar-refractivity contribution is 7.92. The first-order valence-electron chi connectivity index (χ1n) is 5.15. The Kier molecular flexibility index (Phi) is 4.82. The third kappa shape index (κ3) is 3.63. The lowest BCUT2D eigenvalue weighted by Gasteiger charge is -2.17. The van der Waals surface area contributed by atoms with Crippen molar-refractivity contribution in [2.24, 2.45) is 0 Å². The number of sulfone groups is 1. The number of carboxylic acids is 1. The Labute approximate surface area is 108 Å². The van der Waals surface area contributed by atoms with E-state index in [9.17, 15) is 27.1 Å². The van der Waals surface area contributed by atoms with Crippen molar-refractivity contribution >= 4 is 15.8 Å². The molecule has 0 heterocycles. The molecule has 106 valence electrons. The molecule has 19 heavy (non-hydrogen) atoms. The van der Waals surface area contributed by atoms with E-state index in [0.717, 1.165) is 12.1 Å². The minimum atomic E-state index is -4.45. The van der Waals surface area contributed by atoms with Gasteiger partial charge in [0.05, 0.1) is 12.0 Å². The number of rotatable bonds is 6. The zero-order valence-electron chi connectivity index (χ0n) is 9.88. The van der Waals surface area contributed by atoms with E-state index in [1.54, 1.807) is 0 Å². The lowest BCUT2D eigenvalue weighted by atomic mass is 10.3. The molecule has 0 saturated heterocycles. The third-order valence-corrected chi connectivity index (χ3v) is 4.53. The molecule has 0 amide bonds. The second kappa shape index (κ2) is 5.96. The van der Waals surface area contributed by atoms with Gasteiger partial charge in [-0.2, -0.15) is 0 Å². The molecule has 0 radical (unpaired) electrons. The van der Waals surface area contributed by atoms with E-state index in [4.69, 9.17) is 4.74 Å². The molecule has 1 aromatic rings. The van der Waals surface area contributed by atoms with Crippen LogP contribution >= 0.6 is 0 Å². The van der Waals surface area contributed by atoms with E-state index in [2.05, 4.69) is 0 Å². The van der Waals surface area contributed by atoms with E-state index in [-0.39, 0.29) is 4.90 Å². The summed E-state index contributed by atoms with van der Waals surface area (Å²) >= 11 is 0. The van der Waals surface area contributed by atoms with Crippen LogP contribution in [0.15, 0.2) is 29.2 Å². The molecule has 1 rings (SSSR count). The molecule has 0 bridgehead atoms. The van der Waals surface area contributed by atoms with Gasteiger partial charge in [-0.1, -0.05) is 0 Å². The molecular weight excluding hydrogens is 282 g/mol. The van der Waals surface area contributed by atoms with Gasteiger partial charge in [0, 0.05) is 12.4 Å². The van der Waals surface area contributed by atoms with E-state index in [1.807, 2.05) is 0 Å². The van der Waals surface area contributed by atoms with Crippen LogP contribution in [0.4, 0.5) is 8.78 Å². The van der Waals surface area contributed by atoms with Crippen LogP contribution in [0.2, 0.25) is 0 Å².